The molecule has 118 valence electrons. The maximum absolute atomic E-state index is 12.8. The Hall–Kier alpha value is -0.100. The van der Waals surface area contributed by atoms with Gasteiger partial charge < -0.3 is 0 Å². The monoisotopic (exact) mass is 427 g/mol. The van der Waals surface area contributed by atoms with Crippen LogP contribution in [0.4, 0.5) is 13.2 Å². The van der Waals surface area contributed by atoms with Crippen LogP contribution in [0.15, 0.2) is 12.3 Å². The molecule has 1 nitrogen and oxygen atoms in total. The van der Waals surface area contributed by atoms with Gasteiger partial charge in [0.25, 0.3) is 0 Å². The van der Waals surface area contributed by atoms with Gasteiger partial charge in [0.15, 0.2) is 0 Å². The van der Waals surface area contributed by atoms with Crippen molar-refractivity contribution in [3.8, 4) is 11.1 Å². The first kappa shape index (κ1) is 18.2. The summed E-state index contributed by atoms with van der Waals surface area (Å²) in [4.78, 5) is 3.49. The third-order valence-corrected chi connectivity index (χ3v) is 5.22. The number of benzene rings is 1. The van der Waals surface area contributed by atoms with E-state index in [0.717, 1.165) is 6.07 Å². The highest BCUT2D eigenvalue weighted by Crippen LogP contribution is 2.49. The number of alkyl halides is 3. The van der Waals surface area contributed by atoms with Crippen molar-refractivity contribution in [1.82, 2.24) is 4.98 Å². The molecule has 0 unspecified atom stereocenters. The standard InChI is InChI=1S/C12H2Cl6F3N/c13-6-5(7(14)9(16)10(17)8(6)15)4-1-3(12(19,20)21)2-22-11(4)18/h1-2H. The topological polar surface area (TPSA) is 12.9 Å². The second-order valence-corrected chi connectivity index (χ2v) is 6.25. The van der Waals surface area contributed by atoms with Crippen molar-refractivity contribution >= 4 is 69.6 Å². The van der Waals surface area contributed by atoms with Crippen LogP contribution >= 0.6 is 69.6 Å². The van der Waals surface area contributed by atoms with E-state index in [4.69, 9.17) is 69.6 Å². The fourth-order valence-corrected chi connectivity index (χ4v) is 3.16. The Kier molecular flexibility index (Phi) is 5.32. The van der Waals surface area contributed by atoms with Gasteiger partial charge in [0, 0.05) is 17.3 Å². The zero-order valence-corrected chi connectivity index (χ0v) is 14.5. The fraction of sp³-hybridized carbons (Fsp3) is 0.0833. The lowest BCUT2D eigenvalue weighted by molar-refractivity contribution is -0.137. The van der Waals surface area contributed by atoms with E-state index in [2.05, 4.69) is 4.98 Å². The number of hydrogen-bond acceptors (Lipinski definition) is 1. The number of halogens is 9. The highest BCUT2D eigenvalue weighted by molar-refractivity contribution is 6.56. The summed E-state index contributed by atoms with van der Waals surface area (Å²) in [6, 6.07) is 0.753. The van der Waals surface area contributed by atoms with Crippen molar-refractivity contribution in [2.75, 3.05) is 0 Å². The molecular formula is C12H2Cl6F3N. The second kappa shape index (κ2) is 6.42. The van der Waals surface area contributed by atoms with Crippen LogP contribution in [0.5, 0.6) is 0 Å². The summed E-state index contributed by atoms with van der Waals surface area (Å²) in [6.07, 6.45) is -4.03. The molecule has 0 amide bonds. The van der Waals surface area contributed by atoms with Crippen LogP contribution < -0.4 is 0 Å². The largest absolute Gasteiger partial charge is 0.417 e. The molecule has 1 aromatic carbocycles. The Morgan fingerprint density at radius 3 is 1.68 bits per heavy atom. The molecule has 1 aromatic heterocycles. The number of hydrogen-bond donors (Lipinski definition) is 0. The molecule has 0 atom stereocenters. The lowest BCUT2D eigenvalue weighted by Crippen LogP contribution is -2.06. The number of pyridine rings is 1. The van der Waals surface area contributed by atoms with Gasteiger partial charge in [0.05, 0.1) is 30.7 Å². The molecule has 2 aromatic rings. The maximum Gasteiger partial charge on any atom is 0.417 e. The lowest BCUT2D eigenvalue weighted by atomic mass is 10.1. The van der Waals surface area contributed by atoms with Crippen molar-refractivity contribution in [2.24, 2.45) is 0 Å². The van der Waals surface area contributed by atoms with Gasteiger partial charge in [0.2, 0.25) is 0 Å². The molecule has 0 aliphatic carbocycles. The van der Waals surface area contributed by atoms with E-state index in [9.17, 15) is 13.2 Å². The second-order valence-electron chi connectivity index (χ2n) is 4.01. The molecule has 0 radical (unpaired) electrons. The van der Waals surface area contributed by atoms with Crippen LogP contribution in [0, 0.1) is 0 Å². The number of aromatic nitrogens is 1. The Morgan fingerprint density at radius 2 is 1.23 bits per heavy atom. The van der Waals surface area contributed by atoms with E-state index in [-0.39, 0.29) is 41.4 Å². The van der Waals surface area contributed by atoms with Crippen LogP contribution in [0.1, 0.15) is 5.56 Å². The minimum absolute atomic E-state index is 0.0775. The molecule has 0 fully saturated rings. The fourth-order valence-electron chi connectivity index (χ4n) is 1.62. The molecule has 22 heavy (non-hydrogen) atoms. The lowest BCUT2D eigenvalue weighted by Gasteiger charge is -2.15. The third-order valence-electron chi connectivity index (χ3n) is 2.65. The smallest absolute Gasteiger partial charge is 0.243 e. The predicted octanol–water partition coefficient (Wildman–Crippen LogP) is 7.69. The summed E-state index contributed by atoms with van der Waals surface area (Å²) < 4.78 is 38.5. The first-order chi connectivity index (χ1) is 10.1. The Balaban J connectivity index is 2.83. The van der Waals surface area contributed by atoms with Crippen molar-refractivity contribution in [2.45, 2.75) is 6.18 Å². The molecule has 0 aliphatic heterocycles. The van der Waals surface area contributed by atoms with Gasteiger partial charge in [-0.1, -0.05) is 69.6 Å². The van der Waals surface area contributed by atoms with Crippen LogP contribution in [0.2, 0.25) is 30.3 Å². The minimum atomic E-state index is -4.62. The Morgan fingerprint density at radius 1 is 0.773 bits per heavy atom. The molecule has 0 saturated heterocycles. The SMILES string of the molecule is FC(F)(F)c1cnc(Cl)c(-c2c(Cl)c(Cl)c(Cl)c(Cl)c2Cl)c1. The Labute approximate surface area is 152 Å². The summed E-state index contributed by atoms with van der Waals surface area (Å²) in [5.41, 5.74) is -1.26. The van der Waals surface area contributed by atoms with E-state index < -0.39 is 11.7 Å². The average Bonchev–Trinajstić information content (AvgIpc) is 2.44. The van der Waals surface area contributed by atoms with E-state index in [1.165, 1.54) is 0 Å². The van der Waals surface area contributed by atoms with Gasteiger partial charge in [-0.25, -0.2) is 4.98 Å². The van der Waals surface area contributed by atoms with Gasteiger partial charge >= 0.3 is 6.18 Å². The molecule has 0 aliphatic rings. The highest BCUT2D eigenvalue weighted by atomic mass is 35.5. The van der Waals surface area contributed by atoms with E-state index >= 15 is 0 Å². The quantitative estimate of drug-likeness (QED) is 0.257. The van der Waals surface area contributed by atoms with Gasteiger partial charge in [-0.15, -0.1) is 0 Å². The molecular weight excluding hydrogens is 428 g/mol. The summed E-state index contributed by atoms with van der Waals surface area (Å²) in [7, 11) is 0. The molecule has 1 heterocycles. The predicted molar refractivity (Wildman–Crippen MR) is 84.7 cm³/mol. The van der Waals surface area contributed by atoms with E-state index in [1.807, 2.05) is 0 Å². The van der Waals surface area contributed by atoms with Crippen LogP contribution in [-0.4, -0.2) is 4.98 Å². The summed E-state index contributed by atoms with van der Waals surface area (Å²) in [6.45, 7) is 0. The normalized spacial score (nSPS) is 11.9. The maximum atomic E-state index is 12.8. The third kappa shape index (κ3) is 3.23. The van der Waals surface area contributed by atoms with Crippen LogP contribution in [-0.2, 0) is 6.18 Å². The van der Waals surface area contributed by atoms with Crippen molar-refractivity contribution < 1.29 is 13.2 Å². The number of nitrogens with zero attached hydrogens (tertiary/aromatic N) is 1. The molecule has 2 rings (SSSR count). The summed E-state index contributed by atoms with van der Waals surface area (Å²) in [5.74, 6) is 0. The minimum Gasteiger partial charge on any atom is -0.243 e. The van der Waals surface area contributed by atoms with E-state index in [0.29, 0.717) is 6.20 Å². The van der Waals surface area contributed by atoms with Gasteiger partial charge in [-0.3, -0.25) is 0 Å². The van der Waals surface area contributed by atoms with Gasteiger partial charge in [0.1, 0.15) is 5.15 Å². The van der Waals surface area contributed by atoms with Crippen molar-refractivity contribution in [1.29, 1.82) is 0 Å². The molecule has 0 spiro atoms. The average molecular weight is 430 g/mol. The molecule has 10 heteroatoms. The van der Waals surface area contributed by atoms with Crippen LogP contribution in [0.25, 0.3) is 11.1 Å². The summed E-state index contributed by atoms with van der Waals surface area (Å²) in [5, 5.41) is -1.01. The first-order valence-corrected chi connectivity index (χ1v) is 7.57. The van der Waals surface area contributed by atoms with Crippen molar-refractivity contribution in [3.05, 3.63) is 48.1 Å². The first-order valence-electron chi connectivity index (χ1n) is 5.30. The summed E-state index contributed by atoms with van der Waals surface area (Å²) >= 11 is 35.5. The molecule has 0 saturated carbocycles. The zero-order chi connectivity index (χ0) is 16.8. The number of rotatable bonds is 1. The van der Waals surface area contributed by atoms with Gasteiger partial charge in [-0.2, -0.15) is 13.2 Å². The van der Waals surface area contributed by atoms with E-state index in [1.54, 1.807) is 0 Å². The van der Waals surface area contributed by atoms with Gasteiger partial charge in [-0.05, 0) is 6.07 Å². The molecule has 0 N–H and O–H groups in total. The molecule has 0 bridgehead atoms. The van der Waals surface area contributed by atoms with Crippen molar-refractivity contribution in [3.63, 3.8) is 0 Å². The highest BCUT2D eigenvalue weighted by Gasteiger charge is 2.32. The zero-order valence-electron chi connectivity index (χ0n) is 10.0. The Bertz CT molecular complexity index is 730. The van der Waals surface area contributed by atoms with Crippen LogP contribution in [0.3, 0.4) is 0 Å².